The van der Waals surface area contributed by atoms with Crippen molar-refractivity contribution in [2.45, 2.75) is 69.3 Å². The molecule has 3 aromatic rings. The monoisotopic (exact) mass is 706 g/mol. The fourth-order valence-corrected chi connectivity index (χ4v) is 4.84. The van der Waals surface area contributed by atoms with Gasteiger partial charge >= 0.3 is 18.5 Å². The number of aromatic amines is 1. The average molecular weight is 707 g/mol. The summed E-state index contributed by atoms with van der Waals surface area (Å²) in [6.07, 6.45) is -21.6. The first-order valence-electron chi connectivity index (χ1n) is 13.9. The minimum atomic E-state index is -5.28. The summed E-state index contributed by atoms with van der Waals surface area (Å²) in [6.45, 7) is -1.94. The number of imidazole rings is 1. The number of fused-ring (bicyclic) bond motifs is 1. The highest BCUT2D eigenvalue weighted by atomic mass is 19.4. The number of amides is 2. The number of ether oxygens (including phenoxy) is 1. The number of pyridine rings is 1. The van der Waals surface area contributed by atoms with Crippen LogP contribution in [0.5, 0.6) is 5.88 Å². The molecule has 264 valence electrons. The number of rotatable bonds is 10. The lowest BCUT2D eigenvalue weighted by Gasteiger charge is -2.30. The first-order valence-corrected chi connectivity index (χ1v) is 13.9. The van der Waals surface area contributed by atoms with E-state index in [0.29, 0.717) is 6.07 Å². The number of carbonyl (C=O) groups excluding carboxylic acids is 2. The van der Waals surface area contributed by atoms with Gasteiger partial charge in [-0.2, -0.15) is 44.5 Å². The SMILES string of the molecule is O=C(N[C@H]1CC[C@H](C(F)(F)F)CC1)c1cc2nc(Nc3cc(CNC(=O)C(O)C(F)(F)F)ccc3C(F)(F)F)[nH]c2nc1OCC(F)F. The van der Waals surface area contributed by atoms with Crippen molar-refractivity contribution in [3.63, 3.8) is 0 Å². The Morgan fingerprint density at radius 1 is 0.979 bits per heavy atom. The zero-order chi connectivity index (χ0) is 35.6. The number of hydrogen-bond donors (Lipinski definition) is 5. The van der Waals surface area contributed by atoms with E-state index < -0.39 is 96.6 Å². The quantitative estimate of drug-likeness (QED) is 0.169. The highest BCUT2D eigenvalue weighted by molar-refractivity contribution is 5.99. The van der Waals surface area contributed by atoms with Gasteiger partial charge in [-0.3, -0.25) is 9.59 Å². The summed E-state index contributed by atoms with van der Waals surface area (Å²) >= 11 is 0. The molecule has 4 rings (SSSR count). The molecular formula is C27H25F11N6O4. The minimum absolute atomic E-state index is 0.0253. The molecule has 0 radical (unpaired) electrons. The maximum atomic E-state index is 13.8. The van der Waals surface area contributed by atoms with Crippen molar-refractivity contribution >= 4 is 34.6 Å². The molecule has 21 heteroatoms. The normalized spacial score (nSPS) is 18.1. The van der Waals surface area contributed by atoms with Gasteiger partial charge in [-0.15, -0.1) is 0 Å². The molecule has 1 aliphatic carbocycles. The van der Waals surface area contributed by atoms with Gasteiger partial charge in [0.25, 0.3) is 18.2 Å². The van der Waals surface area contributed by atoms with Gasteiger partial charge in [-0.25, -0.2) is 13.8 Å². The summed E-state index contributed by atoms with van der Waals surface area (Å²) in [6, 6.07) is 2.57. The van der Waals surface area contributed by atoms with E-state index in [9.17, 15) is 57.9 Å². The van der Waals surface area contributed by atoms with Crippen molar-refractivity contribution in [3.05, 3.63) is 41.0 Å². The molecule has 1 unspecified atom stereocenters. The number of aromatic nitrogens is 3. The molecule has 1 aromatic carbocycles. The number of benzene rings is 1. The molecular weight excluding hydrogens is 681 g/mol. The summed E-state index contributed by atoms with van der Waals surface area (Å²) in [4.78, 5) is 35.1. The number of nitrogens with one attached hydrogen (secondary N) is 4. The summed E-state index contributed by atoms with van der Waals surface area (Å²) in [5.41, 5.74) is -2.97. The molecule has 1 aliphatic rings. The zero-order valence-corrected chi connectivity index (χ0v) is 24.1. The number of aliphatic hydroxyl groups excluding tert-OH is 1. The lowest BCUT2D eigenvalue weighted by Crippen LogP contribution is -2.43. The number of aliphatic hydroxyl groups is 1. The van der Waals surface area contributed by atoms with Gasteiger partial charge < -0.3 is 30.8 Å². The van der Waals surface area contributed by atoms with Crippen LogP contribution in [-0.4, -0.2) is 69.4 Å². The Bertz CT molecular complexity index is 1620. The number of halogens is 11. The highest BCUT2D eigenvalue weighted by Gasteiger charge is 2.44. The standard InChI is InChI=1S/C27H25F11N6O4/c28-18(29)10-48-23-14(21(46)40-13-4-2-12(3-5-13)25(30,31)32)8-17-20(43-23)44-24(42-17)41-16-7-11(1-6-15(16)26(33,34)35)9-39-22(47)19(45)27(36,37)38/h1,6-8,12-13,18-19,45H,2-5,9-10H2,(H,39,47)(H,40,46)(H2,41,42,43,44)/t12-,13-,19?. The van der Waals surface area contributed by atoms with Crippen molar-refractivity contribution in [3.8, 4) is 5.88 Å². The number of nitrogens with zero attached hydrogens (tertiary/aromatic N) is 2. The maximum absolute atomic E-state index is 13.8. The molecule has 48 heavy (non-hydrogen) atoms. The van der Waals surface area contributed by atoms with Crippen molar-refractivity contribution in [1.82, 2.24) is 25.6 Å². The van der Waals surface area contributed by atoms with Crippen LogP contribution in [0.15, 0.2) is 24.3 Å². The summed E-state index contributed by atoms with van der Waals surface area (Å²) in [5.74, 6) is -5.39. The van der Waals surface area contributed by atoms with Crippen LogP contribution in [0.25, 0.3) is 11.2 Å². The first-order chi connectivity index (χ1) is 22.2. The smallest absolute Gasteiger partial charge is 0.423 e. The highest BCUT2D eigenvalue weighted by Crippen LogP contribution is 2.38. The largest absolute Gasteiger partial charge is 0.471 e. The lowest BCUT2D eigenvalue weighted by atomic mass is 9.85. The predicted octanol–water partition coefficient (Wildman–Crippen LogP) is 5.75. The lowest BCUT2D eigenvalue weighted by molar-refractivity contribution is -0.205. The second kappa shape index (κ2) is 14.0. The molecule has 2 heterocycles. The Hall–Kier alpha value is -4.43. The number of alkyl halides is 11. The van der Waals surface area contributed by atoms with Gasteiger partial charge in [0.05, 0.1) is 17.2 Å². The van der Waals surface area contributed by atoms with Gasteiger partial charge in [-0.1, -0.05) is 6.07 Å². The number of H-pyrrole nitrogens is 1. The maximum Gasteiger partial charge on any atom is 0.423 e. The Morgan fingerprint density at radius 3 is 2.23 bits per heavy atom. The van der Waals surface area contributed by atoms with Gasteiger partial charge in [-0.05, 0) is 49.4 Å². The minimum Gasteiger partial charge on any atom is -0.471 e. The second-order valence-electron chi connectivity index (χ2n) is 10.7. The summed E-state index contributed by atoms with van der Waals surface area (Å²) in [7, 11) is 0. The fraction of sp³-hybridized carbons (Fsp3) is 0.481. The third-order valence-electron chi connectivity index (χ3n) is 7.22. The van der Waals surface area contributed by atoms with Crippen LogP contribution in [0.4, 0.5) is 59.9 Å². The van der Waals surface area contributed by atoms with Gasteiger partial charge in [0.2, 0.25) is 17.9 Å². The van der Waals surface area contributed by atoms with E-state index in [2.05, 4.69) is 25.6 Å². The van der Waals surface area contributed by atoms with Crippen molar-refractivity contribution in [2.24, 2.45) is 5.92 Å². The number of carbonyl (C=O) groups is 2. The predicted molar refractivity (Wildman–Crippen MR) is 143 cm³/mol. The first kappa shape index (κ1) is 36.4. The summed E-state index contributed by atoms with van der Waals surface area (Å²) in [5, 5.41) is 15.6. The van der Waals surface area contributed by atoms with E-state index >= 15 is 0 Å². The zero-order valence-electron chi connectivity index (χ0n) is 24.1. The van der Waals surface area contributed by atoms with Gasteiger partial charge in [0, 0.05) is 12.6 Å². The van der Waals surface area contributed by atoms with Crippen LogP contribution in [0.2, 0.25) is 0 Å². The van der Waals surface area contributed by atoms with Gasteiger partial charge in [0.15, 0.2) is 12.3 Å². The third-order valence-corrected chi connectivity index (χ3v) is 7.22. The van der Waals surface area contributed by atoms with Crippen LogP contribution in [-0.2, 0) is 17.5 Å². The molecule has 0 bridgehead atoms. The molecule has 2 amide bonds. The van der Waals surface area contributed by atoms with Crippen LogP contribution in [0.1, 0.15) is 47.2 Å². The van der Waals surface area contributed by atoms with Crippen LogP contribution in [0, 0.1) is 5.92 Å². The van der Waals surface area contributed by atoms with Crippen LogP contribution >= 0.6 is 0 Å². The van der Waals surface area contributed by atoms with E-state index in [1.165, 1.54) is 0 Å². The molecule has 5 N–H and O–H groups in total. The number of anilines is 2. The molecule has 0 saturated heterocycles. The summed E-state index contributed by atoms with van der Waals surface area (Å²) < 4.78 is 149. The molecule has 10 nitrogen and oxygen atoms in total. The number of hydrogen-bond acceptors (Lipinski definition) is 7. The van der Waals surface area contributed by atoms with Crippen LogP contribution < -0.4 is 20.7 Å². The van der Waals surface area contributed by atoms with Crippen molar-refractivity contribution in [2.75, 3.05) is 11.9 Å². The molecule has 1 fully saturated rings. The van der Waals surface area contributed by atoms with Crippen molar-refractivity contribution in [1.29, 1.82) is 0 Å². The Kier molecular flexibility index (Phi) is 10.6. The van der Waals surface area contributed by atoms with Crippen LogP contribution in [0.3, 0.4) is 0 Å². The molecule has 0 spiro atoms. The van der Waals surface area contributed by atoms with E-state index in [1.54, 1.807) is 5.32 Å². The molecule has 1 saturated carbocycles. The van der Waals surface area contributed by atoms with E-state index in [1.807, 2.05) is 0 Å². The van der Waals surface area contributed by atoms with E-state index in [0.717, 1.165) is 18.2 Å². The second-order valence-corrected chi connectivity index (χ2v) is 10.7. The Balaban J connectivity index is 1.59. The third kappa shape index (κ3) is 9.13. The van der Waals surface area contributed by atoms with Gasteiger partial charge in [0.1, 0.15) is 11.1 Å². The Morgan fingerprint density at radius 2 is 1.65 bits per heavy atom. The molecule has 0 aliphatic heterocycles. The van der Waals surface area contributed by atoms with E-state index in [-0.39, 0.29) is 42.4 Å². The molecule has 2 aromatic heterocycles. The Labute approximate surface area is 262 Å². The topological polar surface area (TPSA) is 141 Å². The van der Waals surface area contributed by atoms with Crippen molar-refractivity contribution < 1.29 is 67.7 Å². The fourth-order valence-electron chi connectivity index (χ4n) is 4.84. The molecule has 1 atom stereocenters. The van der Waals surface area contributed by atoms with E-state index in [4.69, 9.17) is 9.84 Å². The average Bonchev–Trinajstić information content (AvgIpc) is 3.37.